The quantitative estimate of drug-likeness (QED) is 0.861. The van der Waals surface area contributed by atoms with Crippen molar-refractivity contribution in [3.8, 4) is 0 Å². The van der Waals surface area contributed by atoms with Crippen molar-refractivity contribution in [1.82, 2.24) is 15.5 Å². The molecule has 2 N–H and O–H groups in total. The lowest BCUT2D eigenvalue weighted by Crippen LogP contribution is -2.54. The zero-order valence-corrected chi connectivity index (χ0v) is 16.2. The summed E-state index contributed by atoms with van der Waals surface area (Å²) in [5.41, 5.74) is 3.54. The van der Waals surface area contributed by atoms with Crippen LogP contribution in [0.15, 0.2) is 54.6 Å². The van der Waals surface area contributed by atoms with Gasteiger partial charge < -0.3 is 15.5 Å². The lowest BCUT2D eigenvalue weighted by molar-refractivity contribution is -0.140. The first-order valence-corrected chi connectivity index (χ1v) is 10.1. The maximum atomic E-state index is 13.2. The maximum Gasteiger partial charge on any atom is 0.243 e. The van der Waals surface area contributed by atoms with Crippen LogP contribution in [0.5, 0.6) is 0 Å². The van der Waals surface area contributed by atoms with E-state index in [-0.39, 0.29) is 29.9 Å². The first kappa shape index (κ1) is 18.7. The molecule has 2 aliphatic heterocycles. The summed E-state index contributed by atoms with van der Waals surface area (Å²) in [6, 6.07) is 17.4. The molecule has 146 valence electrons. The van der Waals surface area contributed by atoms with Crippen LogP contribution in [0.25, 0.3) is 0 Å². The molecule has 3 atom stereocenters. The molecule has 2 aromatic carbocycles. The van der Waals surface area contributed by atoms with Crippen LogP contribution >= 0.6 is 0 Å². The van der Waals surface area contributed by atoms with Crippen LogP contribution in [0.4, 0.5) is 0 Å². The Kier molecular flexibility index (Phi) is 5.44. The van der Waals surface area contributed by atoms with Gasteiger partial charge in [0.25, 0.3) is 0 Å². The molecule has 2 aromatic rings. The maximum absolute atomic E-state index is 13.2. The Labute approximate surface area is 166 Å². The van der Waals surface area contributed by atoms with E-state index in [9.17, 15) is 9.59 Å². The van der Waals surface area contributed by atoms with Gasteiger partial charge >= 0.3 is 0 Å². The van der Waals surface area contributed by atoms with E-state index in [4.69, 9.17) is 0 Å². The zero-order valence-electron chi connectivity index (χ0n) is 16.2. The van der Waals surface area contributed by atoms with Crippen molar-refractivity contribution in [3.63, 3.8) is 0 Å². The van der Waals surface area contributed by atoms with Gasteiger partial charge in [0.2, 0.25) is 11.8 Å². The molecule has 2 amide bonds. The van der Waals surface area contributed by atoms with Gasteiger partial charge in [-0.2, -0.15) is 0 Å². The van der Waals surface area contributed by atoms with E-state index in [1.807, 2.05) is 49.4 Å². The summed E-state index contributed by atoms with van der Waals surface area (Å²) in [7, 11) is 0. The SMILES string of the molecule is C[C@H](NC(=O)[C@H]1CCCN1C(=O)[C@H]1Cc2ccccc2CN1)c1ccccc1. The van der Waals surface area contributed by atoms with Crippen LogP contribution in [-0.4, -0.2) is 35.3 Å². The Morgan fingerprint density at radius 1 is 1.07 bits per heavy atom. The van der Waals surface area contributed by atoms with Crippen molar-refractivity contribution in [3.05, 3.63) is 71.3 Å². The summed E-state index contributed by atoms with van der Waals surface area (Å²) in [4.78, 5) is 27.8. The highest BCUT2D eigenvalue weighted by Gasteiger charge is 2.38. The van der Waals surface area contributed by atoms with Gasteiger partial charge in [0.1, 0.15) is 6.04 Å². The molecular weight excluding hydrogens is 350 g/mol. The molecule has 0 spiro atoms. The molecule has 0 aromatic heterocycles. The number of nitrogens with zero attached hydrogens (tertiary/aromatic N) is 1. The fraction of sp³-hybridized carbons (Fsp3) is 0.391. The Morgan fingerprint density at radius 2 is 1.79 bits per heavy atom. The van der Waals surface area contributed by atoms with E-state index >= 15 is 0 Å². The summed E-state index contributed by atoms with van der Waals surface area (Å²) in [6.45, 7) is 3.33. The lowest BCUT2D eigenvalue weighted by atomic mass is 9.95. The average molecular weight is 377 g/mol. The number of rotatable bonds is 4. The number of carbonyl (C=O) groups excluding carboxylic acids is 2. The van der Waals surface area contributed by atoms with Crippen molar-refractivity contribution >= 4 is 11.8 Å². The van der Waals surface area contributed by atoms with Gasteiger partial charge in [0.15, 0.2) is 0 Å². The molecule has 0 aliphatic carbocycles. The van der Waals surface area contributed by atoms with Crippen molar-refractivity contribution < 1.29 is 9.59 Å². The lowest BCUT2D eigenvalue weighted by Gasteiger charge is -2.32. The minimum atomic E-state index is -0.377. The van der Waals surface area contributed by atoms with Crippen LogP contribution in [0, 0.1) is 0 Å². The van der Waals surface area contributed by atoms with Crippen LogP contribution < -0.4 is 10.6 Å². The van der Waals surface area contributed by atoms with Crippen molar-refractivity contribution in [2.45, 2.75) is 50.9 Å². The Balaban J connectivity index is 1.42. The summed E-state index contributed by atoms with van der Waals surface area (Å²) in [6.07, 6.45) is 2.27. The van der Waals surface area contributed by atoms with Gasteiger partial charge in [-0.05, 0) is 42.9 Å². The molecular formula is C23H27N3O2. The molecule has 1 saturated heterocycles. The number of nitrogens with one attached hydrogen (secondary N) is 2. The number of likely N-dealkylation sites (tertiary alicyclic amines) is 1. The van der Waals surface area contributed by atoms with E-state index in [0.29, 0.717) is 19.5 Å². The van der Waals surface area contributed by atoms with Crippen molar-refractivity contribution in [2.75, 3.05) is 6.54 Å². The van der Waals surface area contributed by atoms with E-state index in [0.717, 1.165) is 18.4 Å². The Morgan fingerprint density at radius 3 is 2.57 bits per heavy atom. The number of hydrogen-bond acceptors (Lipinski definition) is 3. The van der Waals surface area contributed by atoms with Crippen LogP contribution in [0.2, 0.25) is 0 Å². The molecule has 4 rings (SSSR count). The number of carbonyl (C=O) groups is 2. The Bertz CT molecular complexity index is 852. The second kappa shape index (κ2) is 8.15. The fourth-order valence-corrected chi connectivity index (χ4v) is 4.27. The smallest absolute Gasteiger partial charge is 0.243 e. The summed E-state index contributed by atoms with van der Waals surface area (Å²) < 4.78 is 0. The van der Waals surface area contributed by atoms with E-state index < -0.39 is 0 Å². The normalized spacial score (nSPS) is 22.4. The summed E-state index contributed by atoms with van der Waals surface area (Å²) in [5, 5.41) is 6.44. The molecule has 0 bridgehead atoms. The van der Waals surface area contributed by atoms with Crippen molar-refractivity contribution in [2.24, 2.45) is 0 Å². The molecule has 5 nitrogen and oxygen atoms in total. The second-order valence-corrected chi connectivity index (χ2v) is 7.74. The second-order valence-electron chi connectivity index (χ2n) is 7.74. The van der Waals surface area contributed by atoms with Gasteiger partial charge in [0, 0.05) is 13.1 Å². The van der Waals surface area contributed by atoms with Gasteiger partial charge in [0.05, 0.1) is 12.1 Å². The molecule has 28 heavy (non-hydrogen) atoms. The molecule has 2 aliphatic rings. The predicted molar refractivity (Wildman–Crippen MR) is 109 cm³/mol. The number of hydrogen-bond donors (Lipinski definition) is 2. The van der Waals surface area contributed by atoms with Crippen LogP contribution in [0.3, 0.4) is 0 Å². The third-order valence-electron chi connectivity index (χ3n) is 5.88. The average Bonchev–Trinajstić information content (AvgIpc) is 3.23. The van der Waals surface area contributed by atoms with E-state index in [2.05, 4.69) is 22.8 Å². The monoisotopic (exact) mass is 377 g/mol. The standard InChI is InChI=1S/C23H27N3O2/c1-16(17-8-3-2-4-9-17)25-22(27)21-12-7-13-26(21)23(28)20-14-18-10-5-6-11-19(18)15-24-20/h2-6,8-11,16,20-21,24H,7,12-15H2,1H3,(H,25,27)/t16-,20+,21+/m0/s1. The number of amides is 2. The largest absolute Gasteiger partial charge is 0.348 e. The summed E-state index contributed by atoms with van der Waals surface area (Å²) >= 11 is 0. The number of benzene rings is 2. The van der Waals surface area contributed by atoms with Crippen molar-refractivity contribution in [1.29, 1.82) is 0 Å². The van der Waals surface area contributed by atoms with E-state index in [1.54, 1.807) is 4.90 Å². The topological polar surface area (TPSA) is 61.4 Å². The number of fused-ring (bicyclic) bond motifs is 1. The van der Waals surface area contributed by atoms with Crippen LogP contribution in [0.1, 0.15) is 42.5 Å². The molecule has 1 fully saturated rings. The minimum absolute atomic E-state index is 0.0412. The third kappa shape index (κ3) is 3.80. The molecule has 5 heteroatoms. The van der Waals surface area contributed by atoms with Gasteiger partial charge in [-0.3, -0.25) is 9.59 Å². The molecule has 2 heterocycles. The highest BCUT2D eigenvalue weighted by Crippen LogP contribution is 2.23. The minimum Gasteiger partial charge on any atom is -0.348 e. The highest BCUT2D eigenvalue weighted by atomic mass is 16.2. The molecule has 0 saturated carbocycles. The van der Waals surface area contributed by atoms with Gasteiger partial charge in [-0.1, -0.05) is 54.6 Å². The first-order chi connectivity index (χ1) is 13.6. The van der Waals surface area contributed by atoms with E-state index in [1.165, 1.54) is 11.1 Å². The van der Waals surface area contributed by atoms with Crippen LogP contribution in [-0.2, 0) is 22.6 Å². The predicted octanol–water partition coefficient (Wildman–Crippen LogP) is 2.57. The van der Waals surface area contributed by atoms with Gasteiger partial charge in [-0.15, -0.1) is 0 Å². The Hall–Kier alpha value is -2.66. The first-order valence-electron chi connectivity index (χ1n) is 10.1. The third-order valence-corrected chi connectivity index (χ3v) is 5.88. The molecule has 0 radical (unpaired) electrons. The summed E-state index contributed by atoms with van der Waals surface area (Å²) in [5.74, 6) is -0.0158. The zero-order chi connectivity index (χ0) is 19.5. The highest BCUT2D eigenvalue weighted by molar-refractivity contribution is 5.90. The van der Waals surface area contributed by atoms with Gasteiger partial charge in [-0.25, -0.2) is 0 Å². The molecule has 0 unspecified atom stereocenters. The fourth-order valence-electron chi connectivity index (χ4n) is 4.27.